The molecule has 2 aliphatic heterocycles. The van der Waals surface area contributed by atoms with Crippen molar-refractivity contribution in [2.24, 2.45) is 0 Å². The van der Waals surface area contributed by atoms with Gasteiger partial charge in [-0.25, -0.2) is 8.42 Å². The summed E-state index contributed by atoms with van der Waals surface area (Å²) in [6, 6.07) is 12.7. The highest BCUT2D eigenvalue weighted by atomic mass is 32.2. The molecule has 2 aliphatic rings. The molecule has 10 nitrogen and oxygen atoms in total. The molecule has 3 heterocycles. The lowest BCUT2D eigenvalue weighted by atomic mass is 10.0. The number of rotatable bonds is 7. The van der Waals surface area contributed by atoms with Crippen LogP contribution in [0.2, 0.25) is 0 Å². The van der Waals surface area contributed by atoms with Gasteiger partial charge in [0.1, 0.15) is 0 Å². The van der Waals surface area contributed by atoms with Crippen molar-refractivity contribution in [3.05, 3.63) is 65.5 Å². The summed E-state index contributed by atoms with van der Waals surface area (Å²) in [4.78, 5) is 21.4. The molecule has 2 atom stereocenters. The Morgan fingerprint density at radius 3 is 2.91 bits per heavy atom. The van der Waals surface area contributed by atoms with Gasteiger partial charge in [0.05, 0.1) is 30.0 Å². The minimum atomic E-state index is -3.35. The number of nitrogens with one attached hydrogen (secondary N) is 1. The third-order valence-corrected chi connectivity index (χ3v) is 7.79. The summed E-state index contributed by atoms with van der Waals surface area (Å²) in [5, 5.41) is 13.9. The maximum atomic E-state index is 13.4. The molecule has 0 saturated carbocycles. The molecule has 1 fully saturated rings. The molecular formula is C24H27N5O5S. The van der Waals surface area contributed by atoms with E-state index < -0.39 is 10.0 Å². The SMILES string of the molecule is CN(C(=O)Cc1ccc2c(c1)NS(=O)(=O)C2)[C@H](CN1CC[C@H](O)C1)c1cccc(-c2ncon2)c1. The zero-order valence-corrected chi connectivity index (χ0v) is 20.1. The lowest BCUT2D eigenvalue weighted by Crippen LogP contribution is -2.39. The number of amides is 1. The highest BCUT2D eigenvalue weighted by molar-refractivity contribution is 7.92. The second-order valence-corrected chi connectivity index (χ2v) is 10.9. The quantitative estimate of drug-likeness (QED) is 0.506. The van der Waals surface area contributed by atoms with Crippen LogP contribution in [0.5, 0.6) is 0 Å². The number of aliphatic hydroxyl groups is 1. The highest BCUT2D eigenvalue weighted by Gasteiger charge is 2.29. The van der Waals surface area contributed by atoms with Crippen molar-refractivity contribution in [2.75, 3.05) is 31.4 Å². The molecule has 0 unspecified atom stereocenters. The van der Waals surface area contributed by atoms with E-state index in [-0.39, 0.29) is 30.2 Å². The topological polar surface area (TPSA) is 129 Å². The van der Waals surface area contributed by atoms with E-state index in [0.29, 0.717) is 36.6 Å². The monoisotopic (exact) mass is 497 g/mol. The Kier molecular flexibility index (Phi) is 6.30. The summed E-state index contributed by atoms with van der Waals surface area (Å²) in [7, 11) is -1.57. The van der Waals surface area contributed by atoms with Crippen molar-refractivity contribution < 1.29 is 22.8 Å². The summed E-state index contributed by atoms with van der Waals surface area (Å²) >= 11 is 0. The number of aliphatic hydroxyl groups excluding tert-OH is 1. The molecule has 0 aliphatic carbocycles. The third kappa shape index (κ3) is 5.21. The molecule has 2 aromatic carbocycles. The molecule has 0 radical (unpaired) electrons. The molecule has 184 valence electrons. The van der Waals surface area contributed by atoms with Gasteiger partial charge >= 0.3 is 0 Å². The van der Waals surface area contributed by atoms with Gasteiger partial charge in [-0.2, -0.15) is 4.98 Å². The Labute approximate surface area is 203 Å². The number of hydrogen-bond acceptors (Lipinski definition) is 8. The summed E-state index contributed by atoms with van der Waals surface area (Å²) in [5.74, 6) is 0.328. The van der Waals surface area contributed by atoms with Gasteiger partial charge < -0.3 is 14.5 Å². The normalized spacial score (nSPS) is 19.8. The van der Waals surface area contributed by atoms with Crippen LogP contribution in [-0.2, 0) is 27.0 Å². The molecular weight excluding hydrogens is 470 g/mol. The van der Waals surface area contributed by atoms with Gasteiger partial charge in [0.15, 0.2) is 0 Å². The van der Waals surface area contributed by atoms with Crippen LogP contribution in [0.4, 0.5) is 5.69 Å². The van der Waals surface area contributed by atoms with Crippen LogP contribution in [0, 0.1) is 0 Å². The van der Waals surface area contributed by atoms with Gasteiger partial charge in [-0.15, -0.1) is 0 Å². The van der Waals surface area contributed by atoms with Crippen molar-refractivity contribution in [3.63, 3.8) is 0 Å². The van der Waals surface area contributed by atoms with E-state index in [1.165, 1.54) is 6.39 Å². The first kappa shape index (κ1) is 23.5. The Hall–Kier alpha value is -3.28. The third-order valence-electron chi connectivity index (χ3n) is 6.57. The van der Waals surface area contributed by atoms with Crippen LogP contribution in [-0.4, -0.2) is 72.2 Å². The molecule has 1 aromatic heterocycles. The molecule has 0 bridgehead atoms. The standard InChI is InChI=1S/C24H27N5O5S/c1-28(23(31)10-16-5-6-19-14-35(32,33)27-21(19)9-16)22(13-29-8-7-20(30)12-29)17-3-2-4-18(11-17)24-25-15-34-26-24/h2-6,9,11,15,20,22,27,30H,7-8,10,12-14H2,1H3/t20-,22+/m0/s1. The Balaban J connectivity index is 1.38. The second-order valence-electron chi connectivity index (χ2n) is 9.13. The van der Waals surface area contributed by atoms with E-state index in [4.69, 9.17) is 4.52 Å². The number of likely N-dealkylation sites (tertiary alicyclic amines) is 1. The Morgan fingerprint density at radius 2 is 2.17 bits per heavy atom. The largest absolute Gasteiger partial charge is 0.392 e. The summed E-state index contributed by atoms with van der Waals surface area (Å²) < 4.78 is 31.1. The first-order chi connectivity index (χ1) is 16.8. The average molecular weight is 498 g/mol. The van der Waals surface area contributed by atoms with Gasteiger partial charge in [0.25, 0.3) is 0 Å². The van der Waals surface area contributed by atoms with Crippen molar-refractivity contribution in [3.8, 4) is 11.4 Å². The summed E-state index contributed by atoms with van der Waals surface area (Å²) in [5.41, 5.74) is 3.69. The molecule has 3 aromatic rings. The lowest BCUT2D eigenvalue weighted by molar-refractivity contribution is -0.131. The van der Waals surface area contributed by atoms with E-state index in [9.17, 15) is 18.3 Å². The first-order valence-corrected chi connectivity index (χ1v) is 13.1. The molecule has 5 rings (SSSR count). The van der Waals surface area contributed by atoms with Crippen molar-refractivity contribution in [1.82, 2.24) is 19.9 Å². The smallest absolute Gasteiger partial charge is 0.237 e. The first-order valence-electron chi connectivity index (χ1n) is 11.4. The van der Waals surface area contributed by atoms with Crippen molar-refractivity contribution >= 4 is 21.6 Å². The number of fused-ring (bicyclic) bond motifs is 1. The Bertz CT molecular complexity index is 1330. The number of hydrogen-bond donors (Lipinski definition) is 2. The number of β-amino-alcohol motifs (C(OH)–C–C–N with tert-alkyl or cyclic N) is 1. The zero-order chi connectivity index (χ0) is 24.6. The number of anilines is 1. The van der Waals surface area contributed by atoms with E-state index in [1.54, 1.807) is 30.1 Å². The van der Waals surface area contributed by atoms with Crippen LogP contribution >= 0.6 is 0 Å². The molecule has 35 heavy (non-hydrogen) atoms. The second kappa shape index (κ2) is 9.40. The van der Waals surface area contributed by atoms with E-state index in [0.717, 1.165) is 23.2 Å². The fourth-order valence-corrected chi connectivity index (χ4v) is 5.95. The molecule has 11 heteroatoms. The molecule has 2 N–H and O–H groups in total. The minimum absolute atomic E-state index is 0.0447. The lowest BCUT2D eigenvalue weighted by Gasteiger charge is -2.32. The molecule has 0 spiro atoms. The number of carbonyl (C=O) groups excluding carboxylic acids is 1. The molecule has 1 amide bonds. The maximum absolute atomic E-state index is 13.4. The predicted octanol–water partition coefficient (Wildman–Crippen LogP) is 1.80. The Morgan fingerprint density at radius 1 is 1.31 bits per heavy atom. The summed E-state index contributed by atoms with van der Waals surface area (Å²) in [6.45, 7) is 1.89. The van der Waals surface area contributed by atoms with Crippen molar-refractivity contribution in [2.45, 2.75) is 30.7 Å². The van der Waals surface area contributed by atoms with E-state index >= 15 is 0 Å². The number of carbonyl (C=O) groups is 1. The van der Waals surface area contributed by atoms with E-state index in [2.05, 4.69) is 19.8 Å². The van der Waals surface area contributed by atoms with Gasteiger partial charge in [-0.1, -0.05) is 35.5 Å². The average Bonchev–Trinajstić information content (AvgIpc) is 3.56. The predicted molar refractivity (Wildman–Crippen MR) is 129 cm³/mol. The number of sulfonamides is 1. The van der Waals surface area contributed by atoms with Crippen LogP contribution in [0.15, 0.2) is 53.4 Å². The maximum Gasteiger partial charge on any atom is 0.237 e. The van der Waals surface area contributed by atoms with Crippen LogP contribution in [0.3, 0.4) is 0 Å². The minimum Gasteiger partial charge on any atom is -0.392 e. The summed E-state index contributed by atoms with van der Waals surface area (Å²) in [6.07, 6.45) is 1.75. The fraction of sp³-hybridized carbons (Fsp3) is 0.375. The van der Waals surface area contributed by atoms with Crippen LogP contribution < -0.4 is 4.72 Å². The zero-order valence-electron chi connectivity index (χ0n) is 19.3. The number of aromatic nitrogens is 2. The number of likely N-dealkylation sites (N-methyl/N-ethyl adjacent to an activating group) is 1. The number of nitrogens with zero attached hydrogens (tertiary/aromatic N) is 4. The van der Waals surface area contributed by atoms with Crippen LogP contribution in [0.1, 0.15) is 29.2 Å². The highest BCUT2D eigenvalue weighted by Crippen LogP contribution is 2.30. The van der Waals surface area contributed by atoms with Crippen LogP contribution in [0.25, 0.3) is 11.4 Å². The van der Waals surface area contributed by atoms with E-state index in [1.807, 2.05) is 24.3 Å². The number of benzene rings is 2. The van der Waals surface area contributed by atoms with Gasteiger partial charge in [-0.3, -0.25) is 14.4 Å². The van der Waals surface area contributed by atoms with Gasteiger partial charge in [0.2, 0.25) is 28.1 Å². The van der Waals surface area contributed by atoms with Gasteiger partial charge in [-0.05, 0) is 35.2 Å². The molecule has 1 saturated heterocycles. The van der Waals surface area contributed by atoms with Gasteiger partial charge in [0, 0.05) is 32.2 Å². The fourth-order valence-electron chi connectivity index (χ4n) is 4.69. The van der Waals surface area contributed by atoms with Crippen molar-refractivity contribution in [1.29, 1.82) is 0 Å².